The summed E-state index contributed by atoms with van der Waals surface area (Å²) in [6.45, 7) is 0. The van der Waals surface area contributed by atoms with Crippen LogP contribution in [0.1, 0.15) is 6.42 Å². The Morgan fingerprint density at radius 3 is 2.77 bits per heavy atom. The number of carboxylic acid groups (broad SMARTS) is 1. The predicted molar refractivity (Wildman–Crippen MR) is 52.6 cm³/mol. The topological polar surface area (TPSA) is 37.3 Å². The lowest BCUT2D eigenvalue weighted by atomic mass is 10.1. The van der Waals surface area contributed by atoms with Crippen LogP contribution in [0.5, 0.6) is 0 Å². The fourth-order valence-electron chi connectivity index (χ4n) is 0.900. The molecule has 0 amide bonds. The van der Waals surface area contributed by atoms with Gasteiger partial charge in [-0.25, -0.2) is 4.79 Å². The van der Waals surface area contributed by atoms with Crippen molar-refractivity contribution in [2.75, 3.05) is 0 Å². The van der Waals surface area contributed by atoms with E-state index in [0.29, 0.717) is 17.0 Å². The quantitative estimate of drug-likeness (QED) is 0.700. The molecule has 0 fully saturated rings. The van der Waals surface area contributed by atoms with Gasteiger partial charge in [-0.2, -0.15) is 0 Å². The highest BCUT2D eigenvalue weighted by Crippen LogP contribution is 2.10. The van der Waals surface area contributed by atoms with Crippen molar-refractivity contribution in [1.82, 2.24) is 0 Å². The lowest BCUT2D eigenvalue weighted by molar-refractivity contribution is -0.132. The molecule has 0 radical (unpaired) electrons. The van der Waals surface area contributed by atoms with Crippen molar-refractivity contribution >= 4 is 17.6 Å². The van der Waals surface area contributed by atoms with E-state index in [1.54, 1.807) is 36.5 Å². The zero-order valence-electron chi connectivity index (χ0n) is 6.90. The summed E-state index contributed by atoms with van der Waals surface area (Å²) in [7, 11) is 0. The molecule has 1 rings (SSSR count). The zero-order chi connectivity index (χ0) is 9.68. The zero-order valence-corrected chi connectivity index (χ0v) is 7.66. The maximum Gasteiger partial charge on any atom is 0.331 e. The first-order chi connectivity index (χ1) is 6.20. The van der Waals surface area contributed by atoms with Gasteiger partial charge >= 0.3 is 5.97 Å². The summed E-state index contributed by atoms with van der Waals surface area (Å²) < 4.78 is 0. The third kappa shape index (κ3) is 3.30. The van der Waals surface area contributed by atoms with Gasteiger partial charge in [-0.15, -0.1) is 0 Å². The highest BCUT2D eigenvalue weighted by atomic mass is 35.5. The minimum absolute atomic E-state index is 0.354. The molecule has 0 aliphatic heterocycles. The number of carbonyl (C=O) groups is 1. The maximum atomic E-state index is 10.6. The van der Waals surface area contributed by atoms with Crippen LogP contribution in [0.4, 0.5) is 0 Å². The Kier molecular flexibility index (Phi) is 3.53. The Morgan fingerprint density at radius 2 is 2.08 bits per heavy atom. The third-order valence-electron chi connectivity index (χ3n) is 1.55. The van der Waals surface area contributed by atoms with Gasteiger partial charge in [-0.1, -0.05) is 35.9 Å². The largest absolute Gasteiger partial charge is 0.478 e. The number of allylic oxidation sites excluding steroid dienone is 7. The van der Waals surface area contributed by atoms with Crippen LogP contribution in [-0.4, -0.2) is 11.1 Å². The number of carboxylic acids is 1. The first kappa shape index (κ1) is 9.81. The minimum Gasteiger partial charge on any atom is -0.478 e. The standard InChI is InChI=1S/C10H9ClO2/c11-9-6-2-1-4-8(10(12)13)5-3-7-9/h1-4,6-7H,5H2,(H,12,13)/b2-1-,7-3?,8-4+,9-6+. The van der Waals surface area contributed by atoms with E-state index >= 15 is 0 Å². The van der Waals surface area contributed by atoms with Crippen LogP contribution in [-0.2, 0) is 4.79 Å². The predicted octanol–water partition coefficient (Wildman–Crippen LogP) is 2.64. The van der Waals surface area contributed by atoms with Gasteiger partial charge in [0, 0.05) is 10.6 Å². The van der Waals surface area contributed by atoms with Gasteiger partial charge in [0.25, 0.3) is 0 Å². The molecule has 0 heterocycles. The molecule has 1 aliphatic rings. The molecule has 1 N–H and O–H groups in total. The summed E-state index contributed by atoms with van der Waals surface area (Å²) in [4.78, 5) is 10.6. The average molecular weight is 197 g/mol. The van der Waals surface area contributed by atoms with Crippen molar-refractivity contribution in [3.8, 4) is 0 Å². The summed E-state index contributed by atoms with van der Waals surface area (Å²) in [5.74, 6) is -0.896. The van der Waals surface area contributed by atoms with Crippen LogP contribution in [0.3, 0.4) is 0 Å². The normalized spacial score (nSPS) is 27.2. The van der Waals surface area contributed by atoms with Crippen molar-refractivity contribution in [2.45, 2.75) is 6.42 Å². The van der Waals surface area contributed by atoms with Crippen molar-refractivity contribution in [1.29, 1.82) is 0 Å². The van der Waals surface area contributed by atoms with Crippen LogP contribution in [0, 0.1) is 0 Å². The Bertz CT molecular complexity index is 322. The van der Waals surface area contributed by atoms with Crippen LogP contribution in [0.2, 0.25) is 0 Å². The van der Waals surface area contributed by atoms with Gasteiger partial charge in [-0.3, -0.25) is 0 Å². The fourth-order valence-corrected chi connectivity index (χ4v) is 1.06. The van der Waals surface area contributed by atoms with Crippen molar-refractivity contribution < 1.29 is 9.90 Å². The fraction of sp³-hybridized carbons (Fsp3) is 0.100. The minimum atomic E-state index is -0.896. The highest BCUT2D eigenvalue weighted by molar-refractivity contribution is 6.31. The molecule has 0 unspecified atom stereocenters. The van der Waals surface area contributed by atoms with Gasteiger partial charge in [0.05, 0.1) is 0 Å². The second-order valence-electron chi connectivity index (χ2n) is 2.54. The molecule has 0 atom stereocenters. The lowest BCUT2D eigenvalue weighted by Crippen LogP contribution is -1.98. The molecule has 1 aliphatic carbocycles. The summed E-state index contributed by atoms with van der Waals surface area (Å²) >= 11 is 5.75. The molecule has 68 valence electrons. The molecule has 13 heavy (non-hydrogen) atoms. The van der Waals surface area contributed by atoms with Gasteiger partial charge in [-0.05, 0) is 18.6 Å². The van der Waals surface area contributed by atoms with Crippen LogP contribution < -0.4 is 0 Å². The second kappa shape index (κ2) is 4.67. The molecule has 0 aromatic rings. The lowest BCUT2D eigenvalue weighted by Gasteiger charge is -1.94. The van der Waals surface area contributed by atoms with Crippen molar-refractivity contribution in [2.24, 2.45) is 0 Å². The number of hydrogen-bond acceptors (Lipinski definition) is 1. The highest BCUT2D eigenvalue weighted by Gasteiger charge is 2.03. The van der Waals surface area contributed by atoms with E-state index in [0.717, 1.165) is 0 Å². The number of halogens is 1. The summed E-state index contributed by atoms with van der Waals surface area (Å²) in [6, 6.07) is 0. The molecule has 0 saturated heterocycles. The molecular formula is C10H9ClO2. The molecule has 0 aromatic heterocycles. The summed E-state index contributed by atoms with van der Waals surface area (Å²) in [5, 5.41) is 9.32. The van der Waals surface area contributed by atoms with E-state index < -0.39 is 5.97 Å². The average Bonchev–Trinajstić information content (AvgIpc) is 2.16. The van der Waals surface area contributed by atoms with Crippen LogP contribution in [0.25, 0.3) is 0 Å². The van der Waals surface area contributed by atoms with Gasteiger partial charge < -0.3 is 5.11 Å². The first-order valence-corrected chi connectivity index (χ1v) is 4.21. The SMILES string of the molecule is O=C(O)/C1=C/C=C\C=C(\Cl)C=CC1. The van der Waals surface area contributed by atoms with Gasteiger partial charge in [0.15, 0.2) is 0 Å². The molecule has 0 saturated carbocycles. The Morgan fingerprint density at radius 1 is 1.38 bits per heavy atom. The Labute approximate surface area is 81.5 Å². The number of aliphatic carboxylic acids is 1. The van der Waals surface area contributed by atoms with Crippen LogP contribution in [0.15, 0.2) is 47.1 Å². The summed E-state index contributed by atoms with van der Waals surface area (Å²) in [6.07, 6.45) is 10.5. The van der Waals surface area contributed by atoms with E-state index in [1.165, 1.54) is 0 Å². The molecule has 0 spiro atoms. The molecule has 0 bridgehead atoms. The molecule has 3 heteroatoms. The van der Waals surface area contributed by atoms with Crippen LogP contribution >= 0.6 is 11.6 Å². The van der Waals surface area contributed by atoms with E-state index in [2.05, 4.69) is 0 Å². The second-order valence-corrected chi connectivity index (χ2v) is 2.98. The smallest absolute Gasteiger partial charge is 0.331 e. The number of rotatable bonds is 1. The Balaban J connectivity index is 2.86. The number of hydrogen-bond donors (Lipinski definition) is 1. The maximum absolute atomic E-state index is 10.6. The Hall–Kier alpha value is -1.28. The van der Waals surface area contributed by atoms with Gasteiger partial charge in [0.1, 0.15) is 0 Å². The first-order valence-electron chi connectivity index (χ1n) is 3.83. The van der Waals surface area contributed by atoms with E-state index in [4.69, 9.17) is 16.7 Å². The van der Waals surface area contributed by atoms with Crippen molar-refractivity contribution in [3.63, 3.8) is 0 Å². The molecule has 2 nitrogen and oxygen atoms in total. The summed E-state index contributed by atoms with van der Waals surface area (Å²) in [5.41, 5.74) is 0.354. The van der Waals surface area contributed by atoms with E-state index in [9.17, 15) is 4.79 Å². The van der Waals surface area contributed by atoms with Crippen molar-refractivity contribution in [3.05, 3.63) is 47.1 Å². The van der Waals surface area contributed by atoms with E-state index in [-0.39, 0.29) is 0 Å². The third-order valence-corrected chi connectivity index (χ3v) is 1.81. The van der Waals surface area contributed by atoms with Gasteiger partial charge in [0.2, 0.25) is 0 Å². The monoisotopic (exact) mass is 196 g/mol. The van der Waals surface area contributed by atoms with E-state index in [1.807, 2.05) is 0 Å². The molecular weight excluding hydrogens is 188 g/mol. The molecule has 0 aromatic carbocycles.